The molecule has 122 valence electrons. The minimum atomic E-state index is -0.339. The van der Waals surface area contributed by atoms with Gasteiger partial charge >= 0.3 is 0 Å². The molecule has 0 aliphatic heterocycles. The van der Waals surface area contributed by atoms with Crippen molar-refractivity contribution >= 4 is 12.1 Å². The molecule has 0 spiro atoms. The number of nitrogens with two attached hydrogens (primary N) is 1. The van der Waals surface area contributed by atoms with E-state index >= 15 is 0 Å². The zero-order valence-electron chi connectivity index (χ0n) is 13.5. The Morgan fingerprint density at radius 2 is 1.91 bits per heavy atom. The minimum Gasteiger partial charge on any atom is -0.506 e. The Bertz CT molecular complexity index is 643. The Morgan fingerprint density at radius 3 is 2.48 bits per heavy atom. The van der Waals surface area contributed by atoms with Gasteiger partial charge in [-0.15, -0.1) is 0 Å². The van der Waals surface area contributed by atoms with Gasteiger partial charge in [0.05, 0.1) is 5.69 Å². The lowest BCUT2D eigenvalue weighted by Crippen LogP contribution is -2.36. The molecule has 1 unspecified atom stereocenters. The molecular formula is C19H24N2O2. The standard InChI is InChI=1S/C19H24N2O2/c1-2-3-11-19(13-20,15-7-5-4-6-8-15)16-9-10-17(21-14-22)18(23)12-16/h4-10,12,14,23H,2-3,11,13,20H2,1H3,(H,21,22). The molecule has 1 atom stereocenters. The fraction of sp³-hybridized carbons (Fsp3) is 0.316. The van der Waals surface area contributed by atoms with Gasteiger partial charge in [-0.1, -0.05) is 56.2 Å². The van der Waals surface area contributed by atoms with Crippen molar-refractivity contribution in [2.45, 2.75) is 31.6 Å². The molecule has 4 heteroatoms. The summed E-state index contributed by atoms with van der Waals surface area (Å²) in [7, 11) is 0. The van der Waals surface area contributed by atoms with Gasteiger partial charge in [0.2, 0.25) is 6.41 Å². The molecule has 0 aliphatic rings. The molecule has 0 saturated heterocycles. The molecule has 0 aromatic heterocycles. The van der Waals surface area contributed by atoms with Crippen LogP contribution in [0.3, 0.4) is 0 Å². The number of hydrogen-bond acceptors (Lipinski definition) is 3. The first-order valence-electron chi connectivity index (χ1n) is 7.97. The lowest BCUT2D eigenvalue weighted by Gasteiger charge is -2.34. The molecule has 0 heterocycles. The van der Waals surface area contributed by atoms with Crippen LogP contribution in [0.1, 0.15) is 37.3 Å². The number of phenols is 1. The molecule has 0 radical (unpaired) electrons. The first kappa shape index (κ1) is 17.0. The van der Waals surface area contributed by atoms with Crippen LogP contribution in [0.4, 0.5) is 5.69 Å². The van der Waals surface area contributed by atoms with E-state index in [1.54, 1.807) is 12.1 Å². The lowest BCUT2D eigenvalue weighted by molar-refractivity contribution is -0.105. The van der Waals surface area contributed by atoms with Gasteiger partial charge in [-0.05, 0) is 29.7 Å². The van der Waals surface area contributed by atoms with Crippen LogP contribution in [0.25, 0.3) is 0 Å². The van der Waals surface area contributed by atoms with Gasteiger partial charge in [0.25, 0.3) is 0 Å². The molecule has 2 aromatic carbocycles. The maximum absolute atomic E-state index is 10.6. The molecule has 0 aliphatic carbocycles. The SMILES string of the molecule is CCCCC(CN)(c1ccccc1)c1ccc(NC=O)c(O)c1. The van der Waals surface area contributed by atoms with Crippen molar-refractivity contribution < 1.29 is 9.90 Å². The second-order valence-corrected chi connectivity index (χ2v) is 5.75. The Hall–Kier alpha value is -2.33. The summed E-state index contributed by atoms with van der Waals surface area (Å²) in [6.45, 7) is 2.61. The molecule has 0 saturated carbocycles. The molecule has 4 nitrogen and oxygen atoms in total. The zero-order chi connectivity index (χ0) is 16.7. The molecule has 0 bridgehead atoms. The summed E-state index contributed by atoms with van der Waals surface area (Å²) in [4.78, 5) is 10.6. The maximum Gasteiger partial charge on any atom is 0.211 e. The molecule has 2 aromatic rings. The highest BCUT2D eigenvalue weighted by atomic mass is 16.3. The van der Waals surface area contributed by atoms with E-state index in [9.17, 15) is 9.90 Å². The van der Waals surface area contributed by atoms with Crippen LogP contribution in [0.15, 0.2) is 48.5 Å². The van der Waals surface area contributed by atoms with Gasteiger partial charge in [-0.2, -0.15) is 0 Å². The van der Waals surface area contributed by atoms with Crippen LogP contribution in [0, 0.1) is 0 Å². The van der Waals surface area contributed by atoms with Crippen molar-refractivity contribution in [2.75, 3.05) is 11.9 Å². The van der Waals surface area contributed by atoms with Gasteiger partial charge < -0.3 is 16.2 Å². The highest BCUT2D eigenvalue weighted by Crippen LogP contribution is 2.39. The Morgan fingerprint density at radius 1 is 1.17 bits per heavy atom. The Labute approximate surface area is 137 Å². The van der Waals surface area contributed by atoms with Gasteiger partial charge in [0.1, 0.15) is 5.75 Å². The van der Waals surface area contributed by atoms with Crippen molar-refractivity contribution in [3.8, 4) is 5.75 Å². The summed E-state index contributed by atoms with van der Waals surface area (Å²) in [5.74, 6) is 0.0554. The number of hydrogen-bond donors (Lipinski definition) is 3. The van der Waals surface area contributed by atoms with E-state index in [2.05, 4.69) is 24.4 Å². The Balaban J connectivity index is 2.53. The van der Waals surface area contributed by atoms with E-state index in [4.69, 9.17) is 5.73 Å². The second-order valence-electron chi connectivity index (χ2n) is 5.75. The van der Waals surface area contributed by atoms with Crippen LogP contribution in [-0.2, 0) is 10.2 Å². The molecular weight excluding hydrogens is 288 g/mol. The normalized spacial score (nSPS) is 13.3. The van der Waals surface area contributed by atoms with Crippen LogP contribution in [0.2, 0.25) is 0 Å². The van der Waals surface area contributed by atoms with E-state index in [0.29, 0.717) is 18.6 Å². The first-order chi connectivity index (χ1) is 11.2. The predicted octanol–water partition coefficient (Wildman–Crippen LogP) is 3.40. The third-order valence-corrected chi connectivity index (χ3v) is 4.40. The molecule has 0 fully saturated rings. The topological polar surface area (TPSA) is 75.3 Å². The number of nitrogens with one attached hydrogen (secondary N) is 1. The van der Waals surface area contributed by atoms with Gasteiger partial charge in [0.15, 0.2) is 0 Å². The highest BCUT2D eigenvalue weighted by molar-refractivity contribution is 5.75. The van der Waals surface area contributed by atoms with E-state index in [1.807, 2.05) is 24.3 Å². The zero-order valence-corrected chi connectivity index (χ0v) is 13.5. The summed E-state index contributed by atoms with van der Waals surface area (Å²) in [6, 6.07) is 15.5. The number of unbranched alkanes of at least 4 members (excludes halogenated alkanes) is 1. The largest absolute Gasteiger partial charge is 0.506 e. The van der Waals surface area contributed by atoms with E-state index < -0.39 is 0 Å². The third kappa shape index (κ3) is 3.54. The van der Waals surface area contributed by atoms with Crippen LogP contribution < -0.4 is 11.1 Å². The summed E-state index contributed by atoms with van der Waals surface area (Å²) in [5, 5.41) is 12.7. The fourth-order valence-corrected chi connectivity index (χ4v) is 3.04. The van der Waals surface area contributed by atoms with Crippen molar-refractivity contribution in [3.05, 3.63) is 59.7 Å². The van der Waals surface area contributed by atoms with Crippen molar-refractivity contribution in [2.24, 2.45) is 5.73 Å². The van der Waals surface area contributed by atoms with E-state index in [1.165, 1.54) is 0 Å². The van der Waals surface area contributed by atoms with Crippen molar-refractivity contribution in [3.63, 3.8) is 0 Å². The van der Waals surface area contributed by atoms with Crippen molar-refractivity contribution in [1.82, 2.24) is 0 Å². The van der Waals surface area contributed by atoms with Crippen molar-refractivity contribution in [1.29, 1.82) is 0 Å². The number of carbonyl (C=O) groups is 1. The first-order valence-corrected chi connectivity index (χ1v) is 7.97. The van der Waals surface area contributed by atoms with Gasteiger partial charge in [0, 0.05) is 12.0 Å². The average Bonchev–Trinajstić information content (AvgIpc) is 2.59. The van der Waals surface area contributed by atoms with Gasteiger partial charge in [-0.25, -0.2) is 0 Å². The van der Waals surface area contributed by atoms with E-state index in [0.717, 1.165) is 30.4 Å². The summed E-state index contributed by atoms with van der Waals surface area (Å²) in [5.41, 5.74) is 8.38. The molecule has 2 rings (SSSR count). The predicted molar refractivity (Wildman–Crippen MR) is 93.6 cm³/mol. The van der Waals surface area contributed by atoms with Crippen LogP contribution in [-0.4, -0.2) is 18.1 Å². The third-order valence-electron chi connectivity index (χ3n) is 4.40. The summed E-state index contributed by atoms with van der Waals surface area (Å²) in [6.07, 6.45) is 3.58. The number of aromatic hydroxyl groups is 1. The molecule has 1 amide bonds. The fourth-order valence-electron chi connectivity index (χ4n) is 3.04. The quantitative estimate of drug-likeness (QED) is 0.516. The molecule has 23 heavy (non-hydrogen) atoms. The number of rotatable bonds is 8. The Kier molecular flexibility index (Phi) is 5.77. The maximum atomic E-state index is 10.6. The van der Waals surface area contributed by atoms with Crippen LogP contribution >= 0.6 is 0 Å². The summed E-state index contributed by atoms with van der Waals surface area (Å²) < 4.78 is 0. The minimum absolute atomic E-state index is 0.0554. The smallest absolute Gasteiger partial charge is 0.211 e. The van der Waals surface area contributed by atoms with E-state index in [-0.39, 0.29) is 11.2 Å². The second kappa shape index (κ2) is 7.79. The number of anilines is 1. The highest BCUT2D eigenvalue weighted by Gasteiger charge is 2.32. The van der Waals surface area contributed by atoms with Gasteiger partial charge in [-0.3, -0.25) is 4.79 Å². The number of phenolic OH excluding ortho intramolecular Hbond substituents is 1. The number of amides is 1. The monoisotopic (exact) mass is 312 g/mol. The average molecular weight is 312 g/mol. The lowest BCUT2D eigenvalue weighted by atomic mass is 9.71. The number of carbonyl (C=O) groups excluding carboxylic acids is 1. The summed E-state index contributed by atoms with van der Waals surface area (Å²) >= 11 is 0. The number of benzene rings is 2. The molecule has 4 N–H and O–H groups in total. The van der Waals surface area contributed by atoms with Crippen LogP contribution in [0.5, 0.6) is 5.75 Å².